The highest BCUT2D eigenvalue weighted by atomic mass is 32.2. The van der Waals surface area contributed by atoms with Crippen LogP contribution in [0.5, 0.6) is 0 Å². The van der Waals surface area contributed by atoms with Crippen molar-refractivity contribution in [3.8, 4) is 0 Å². The molecule has 0 aliphatic heterocycles. The zero-order valence-electron chi connectivity index (χ0n) is 10.2. The van der Waals surface area contributed by atoms with Crippen LogP contribution in [0.25, 0.3) is 0 Å². The van der Waals surface area contributed by atoms with Gasteiger partial charge in [-0.25, -0.2) is 0 Å². The maximum atomic E-state index is 12.3. The van der Waals surface area contributed by atoms with Crippen LogP contribution >= 0.6 is 23.1 Å². The third kappa shape index (κ3) is 3.33. The Morgan fingerprint density at radius 2 is 2.16 bits per heavy atom. The molecule has 4 nitrogen and oxygen atoms in total. The van der Waals surface area contributed by atoms with Crippen LogP contribution < -0.4 is 5.32 Å². The largest absolute Gasteiger partial charge is 0.352 e. The van der Waals surface area contributed by atoms with Crippen LogP contribution in [0.3, 0.4) is 0 Å². The number of hydrogen-bond acceptors (Lipinski definition) is 5. The number of rotatable bonds is 5. The fourth-order valence-corrected chi connectivity index (χ4v) is 3.40. The molecule has 0 radical (unpaired) electrons. The van der Waals surface area contributed by atoms with E-state index in [1.807, 2.05) is 30.3 Å². The second kappa shape index (κ2) is 5.71. The summed E-state index contributed by atoms with van der Waals surface area (Å²) in [5, 5.41) is 10.6. The van der Waals surface area contributed by atoms with Gasteiger partial charge in [-0.1, -0.05) is 53.4 Å². The summed E-state index contributed by atoms with van der Waals surface area (Å²) in [6.45, 7) is 0. The predicted molar refractivity (Wildman–Crippen MR) is 76.1 cm³/mol. The molecule has 1 atom stereocenters. The molecule has 1 saturated carbocycles. The van der Waals surface area contributed by atoms with E-state index >= 15 is 0 Å². The average Bonchev–Trinajstić information content (AvgIpc) is 3.10. The van der Waals surface area contributed by atoms with E-state index in [1.165, 1.54) is 23.1 Å². The Balaban J connectivity index is 1.79. The Morgan fingerprint density at radius 1 is 1.37 bits per heavy atom. The SMILES string of the molecule is O=C(NC1CC1)[C@H](Sc1nncs1)c1ccccc1. The van der Waals surface area contributed by atoms with E-state index < -0.39 is 0 Å². The van der Waals surface area contributed by atoms with E-state index in [-0.39, 0.29) is 11.2 Å². The van der Waals surface area contributed by atoms with Gasteiger partial charge in [0.2, 0.25) is 5.91 Å². The number of nitrogens with zero attached hydrogens (tertiary/aromatic N) is 2. The van der Waals surface area contributed by atoms with Gasteiger partial charge >= 0.3 is 0 Å². The molecule has 1 aromatic carbocycles. The minimum Gasteiger partial charge on any atom is -0.352 e. The number of hydrogen-bond donors (Lipinski definition) is 1. The Bertz CT molecular complexity index is 540. The van der Waals surface area contributed by atoms with Gasteiger partial charge in [0.1, 0.15) is 10.8 Å². The summed E-state index contributed by atoms with van der Waals surface area (Å²) in [6, 6.07) is 10.2. The van der Waals surface area contributed by atoms with Gasteiger partial charge in [-0.15, -0.1) is 10.2 Å². The smallest absolute Gasteiger partial charge is 0.238 e. The first kappa shape index (κ1) is 12.6. The average molecular weight is 291 g/mol. The molecule has 2 aromatic rings. The maximum Gasteiger partial charge on any atom is 0.238 e. The van der Waals surface area contributed by atoms with E-state index in [2.05, 4.69) is 15.5 Å². The molecule has 1 aliphatic carbocycles. The normalized spacial score (nSPS) is 16.0. The van der Waals surface area contributed by atoms with Crippen molar-refractivity contribution >= 4 is 29.0 Å². The highest BCUT2D eigenvalue weighted by Gasteiger charge is 2.29. The van der Waals surface area contributed by atoms with Crippen molar-refractivity contribution in [2.45, 2.75) is 28.5 Å². The molecule has 1 fully saturated rings. The van der Waals surface area contributed by atoms with Crippen LogP contribution in [0.1, 0.15) is 23.7 Å². The molecule has 1 N–H and O–H groups in total. The minimum atomic E-state index is -0.255. The maximum absolute atomic E-state index is 12.3. The van der Waals surface area contributed by atoms with Crippen molar-refractivity contribution in [1.82, 2.24) is 15.5 Å². The standard InChI is InChI=1S/C13H13N3OS2/c17-12(15-10-6-7-10)11(9-4-2-1-3-5-9)19-13-16-14-8-18-13/h1-5,8,10-11H,6-7H2,(H,15,17)/t11-/m1/s1. The summed E-state index contributed by atoms with van der Waals surface area (Å²) in [4.78, 5) is 12.3. The van der Waals surface area contributed by atoms with Gasteiger partial charge in [-0.3, -0.25) is 4.79 Å². The van der Waals surface area contributed by atoms with E-state index in [4.69, 9.17) is 0 Å². The molecule has 98 valence electrons. The van der Waals surface area contributed by atoms with E-state index in [0.29, 0.717) is 6.04 Å². The summed E-state index contributed by atoms with van der Waals surface area (Å²) in [5.74, 6) is 0.0638. The van der Waals surface area contributed by atoms with Crippen molar-refractivity contribution < 1.29 is 4.79 Å². The lowest BCUT2D eigenvalue weighted by molar-refractivity contribution is -0.120. The first-order valence-corrected chi connectivity index (χ1v) is 7.87. The van der Waals surface area contributed by atoms with Gasteiger partial charge in [0.15, 0.2) is 4.34 Å². The van der Waals surface area contributed by atoms with Gasteiger partial charge in [-0.2, -0.15) is 0 Å². The Kier molecular flexibility index (Phi) is 3.79. The molecule has 3 rings (SSSR count). The second-order valence-electron chi connectivity index (χ2n) is 4.40. The number of benzene rings is 1. The van der Waals surface area contributed by atoms with Crippen molar-refractivity contribution in [3.63, 3.8) is 0 Å². The van der Waals surface area contributed by atoms with Crippen LogP contribution in [-0.2, 0) is 4.79 Å². The third-order valence-corrected chi connectivity index (χ3v) is 4.89. The van der Waals surface area contributed by atoms with Gasteiger partial charge in [0.25, 0.3) is 0 Å². The fraction of sp³-hybridized carbons (Fsp3) is 0.308. The van der Waals surface area contributed by atoms with E-state index in [9.17, 15) is 4.79 Å². The van der Waals surface area contributed by atoms with Crippen molar-refractivity contribution in [2.24, 2.45) is 0 Å². The second-order valence-corrected chi connectivity index (χ2v) is 6.58. The molecule has 0 spiro atoms. The number of aromatic nitrogens is 2. The third-order valence-electron chi connectivity index (χ3n) is 2.82. The summed E-state index contributed by atoms with van der Waals surface area (Å²) in [7, 11) is 0. The minimum absolute atomic E-state index is 0.0638. The zero-order valence-corrected chi connectivity index (χ0v) is 11.8. The topological polar surface area (TPSA) is 54.9 Å². The van der Waals surface area contributed by atoms with Gasteiger partial charge in [-0.05, 0) is 18.4 Å². The Morgan fingerprint density at radius 3 is 2.79 bits per heavy atom. The highest BCUT2D eigenvalue weighted by molar-refractivity contribution is 8.01. The van der Waals surface area contributed by atoms with Crippen LogP contribution in [-0.4, -0.2) is 22.1 Å². The predicted octanol–water partition coefficient (Wildman–Crippen LogP) is 2.65. The molecule has 1 aliphatic rings. The van der Waals surface area contributed by atoms with Crippen molar-refractivity contribution in [1.29, 1.82) is 0 Å². The number of amides is 1. The molecule has 0 bridgehead atoms. The first-order valence-electron chi connectivity index (χ1n) is 6.11. The quantitative estimate of drug-likeness (QED) is 0.861. The molecule has 1 amide bonds. The van der Waals surface area contributed by atoms with Gasteiger partial charge in [0, 0.05) is 6.04 Å². The Hall–Kier alpha value is -1.40. The van der Waals surface area contributed by atoms with Gasteiger partial charge in [0.05, 0.1) is 0 Å². The number of carbonyl (C=O) groups excluding carboxylic acids is 1. The first-order chi connectivity index (χ1) is 9.33. The summed E-state index contributed by atoms with van der Waals surface area (Å²) in [5.41, 5.74) is 2.68. The molecule has 19 heavy (non-hydrogen) atoms. The lowest BCUT2D eigenvalue weighted by Crippen LogP contribution is -2.29. The number of carbonyl (C=O) groups is 1. The molecular weight excluding hydrogens is 278 g/mol. The number of nitrogens with one attached hydrogen (secondary N) is 1. The lowest BCUT2D eigenvalue weighted by atomic mass is 10.1. The van der Waals surface area contributed by atoms with E-state index in [0.717, 1.165) is 22.7 Å². The zero-order chi connectivity index (χ0) is 13.1. The van der Waals surface area contributed by atoms with Gasteiger partial charge < -0.3 is 5.32 Å². The molecule has 1 heterocycles. The monoisotopic (exact) mass is 291 g/mol. The molecule has 1 aromatic heterocycles. The molecular formula is C13H13N3OS2. The van der Waals surface area contributed by atoms with Crippen LogP contribution in [0, 0.1) is 0 Å². The molecule has 0 saturated heterocycles. The summed E-state index contributed by atoms with van der Waals surface area (Å²) >= 11 is 2.92. The number of thioether (sulfide) groups is 1. The summed E-state index contributed by atoms with van der Waals surface area (Å²) in [6.07, 6.45) is 2.19. The van der Waals surface area contributed by atoms with Crippen molar-refractivity contribution in [3.05, 3.63) is 41.4 Å². The van der Waals surface area contributed by atoms with Crippen LogP contribution in [0.2, 0.25) is 0 Å². The lowest BCUT2D eigenvalue weighted by Gasteiger charge is -2.15. The summed E-state index contributed by atoms with van der Waals surface area (Å²) < 4.78 is 0.819. The highest BCUT2D eigenvalue weighted by Crippen LogP contribution is 2.36. The van der Waals surface area contributed by atoms with E-state index in [1.54, 1.807) is 5.51 Å². The van der Waals surface area contributed by atoms with Crippen LogP contribution in [0.15, 0.2) is 40.2 Å². The molecule has 6 heteroatoms. The Labute approximate surface area is 119 Å². The van der Waals surface area contributed by atoms with Crippen LogP contribution in [0.4, 0.5) is 0 Å². The molecule has 0 unspecified atom stereocenters. The fourth-order valence-electron chi connectivity index (χ4n) is 1.72. The van der Waals surface area contributed by atoms with Crippen molar-refractivity contribution in [2.75, 3.05) is 0 Å².